The molecule has 0 N–H and O–H groups in total. The van der Waals surface area contributed by atoms with E-state index in [1.54, 1.807) is 0 Å². The van der Waals surface area contributed by atoms with E-state index < -0.39 is 34.7 Å². The normalized spacial score (nSPS) is 11.0. The van der Waals surface area contributed by atoms with Gasteiger partial charge in [0.15, 0.2) is 0 Å². The van der Waals surface area contributed by atoms with Gasteiger partial charge in [-0.25, -0.2) is 0 Å². The van der Waals surface area contributed by atoms with Gasteiger partial charge in [-0.05, 0) is 0 Å². The van der Waals surface area contributed by atoms with Gasteiger partial charge in [0.25, 0.3) is 0 Å². The summed E-state index contributed by atoms with van der Waals surface area (Å²) in [6.07, 6.45) is -2.72. The highest BCUT2D eigenvalue weighted by Crippen LogP contribution is 2.10. The molecule has 0 aliphatic rings. The van der Waals surface area contributed by atoms with Crippen LogP contribution in [0.25, 0.3) is 0 Å². The highest BCUT2D eigenvalue weighted by atomic mass is 32.3. The lowest BCUT2D eigenvalue weighted by molar-refractivity contribution is 0.130. The van der Waals surface area contributed by atoms with E-state index in [9.17, 15) is 25.5 Å². The van der Waals surface area contributed by atoms with Crippen molar-refractivity contribution in [1.82, 2.24) is 0 Å². The third-order valence-electron chi connectivity index (χ3n) is 0.705. The Morgan fingerprint density at radius 1 is 1.25 bits per heavy atom. The first kappa shape index (κ1) is 11.2. The van der Waals surface area contributed by atoms with Gasteiger partial charge in [0, 0.05) is 0 Å². The van der Waals surface area contributed by atoms with Gasteiger partial charge in [0.2, 0.25) is 0 Å². The van der Waals surface area contributed by atoms with Crippen LogP contribution in [0.5, 0.6) is 0 Å². The molecule has 0 heterocycles. The number of halogens is 4. The van der Waals surface area contributed by atoms with Gasteiger partial charge in [-0.15, -0.1) is 3.89 Å². The Morgan fingerprint density at radius 2 is 1.75 bits per heavy atom. The van der Waals surface area contributed by atoms with Crippen molar-refractivity contribution < 1.29 is 30.2 Å². The Labute approximate surface area is 65.8 Å². The molecule has 8 heteroatoms. The molecule has 0 spiro atoms. The van der Waals surface area contributed by atoms with E-state index in [0.29, 0.717) is 0 Å². The number of ether oxygens (including phenoxy) is 1. The molecule has 0 fully saturated rings. The van der Waals surface area contributed by atoms with Gasteiger partial charge >= 0.3 is 22.3 Å². The largest absolute Gasteiger partial charge is 0.466 e. The predicted octanol–water partition coefficient (Wildman–Crippen LogP) is 1.34. The SMILES string of the molecule is O=S(=O)(F)CCOC(F)=C(F)F. The third-order valence-corrected chi connectivity index (χ3v) is 1.36. The van der Waals surface area contributed by atoms with Gasteiger partial charge in [-0.2, -0.15) is 21.6 Å². The average Bonchev–Trinajstić information content (AvgIpc) is 1.84. The molecule has 0 radical (unpaired) electrons. The lowest BCUT2D eigenvalue weighted by atomic mass is 10.8. The fourth-order valence-electron chi connectivity index (χ4n) is 0.285. The summed E-state index contributed by atoms with van der Waals surface area (Å²) in [6, 6.07) is -2.20. The summed E-state index contributed by atoms with van der Waals surface area (Å²) in [5.41, 5.74) is 0. The highest BCUT2D eigenvalue weighted by molar-refractivity contribution is 7.86. The highest BCUT2D eigenvalue weighted by Gasteiger charge is 2.10. The fourth-order valence-corrected chi connectivity index (χ4v) is 0.568. The number of hydrogen-bond acceptors (Lipinski definition) is 3. The summed E-state index contributed by atoms with van der Waals surface area (Å²) in [6.45, 7) is -0.984. The van der Waals surface area contributed by atoms with Gasteiger partial charge < -0.3 is 4.74 Å². The summed E-state index contributed by atoms with van der Waals surface area (Å²) >= 11 is 0. The topological polar surface area (TPSA) is 43.4 Å². The molecule has 0 saturated carbocycles. The Bertz CT molecular complexity index is 266. The molecule has 0 aromatic heterocycles. The number of rotatable bonds is 4. The first-order valence-electron chi connectivity index (χ1n) is 2.59. The van der Waals surface area contributed by atoms with Crippen LogP contribution in [-0.4, -0.2) is 20.8 Å². The van der Waals surface area contributed by atoms with Crippen LogP contribution in [0.4, 0.5) is 17.1 Å². The summed E-state index contributed by atoms with van der Waals surface area (Å²) in [4.78, 5) is 0. The lowest BCUT2D eigenvalue weighted by Crippen LogP contribution is -2.06. The average molecular weight is 208 g/mol. The van der Waals surface area contributed by atoms with Crippen LogP contribution in [0.15, 0.2) is 12.1 Å². The van der Waals surface area contributed by atoms with Crippen LogP contribution < -0.4 is 0 Å². The van der Waals surface area contributed by atoms with Crippen molar-refractivity contribution in [3.63, 3.8) is 0 Å². The molecule has 0 aliphatic heterocycles. The summed E-state index contributed by atoms with van der Waals surface area (Å²) in [5, 5.41) is 0. The Kier molecular flexibility index (Phi) is 4.01. The molecule has 0 unspecified atom stereocenters. The molecule has 0 amide bonds. The molecule has 0 rings (SSSR count). The Balaban J connectivity index is 3.81. The maximum Gasteiger partial charge on any atom is 0.342 e. The zero-order chi connectivity index (χ0) is 9.78. The van der Waals surface area contributed by atoms with E-state index in [2.05, 4.69) is 4.74 Å². The van der Waals surface area contributed by atoms with Crippen molar-refractivity contribution in [3.8, 4) is 0 Å². The van der Waals surface area contributed by atoms with Crippen LogP contribution in [0, 0.1) is 0 Å². The quantitative estimate of drug-likeness (QED) is 0.397. The maximum absolute atomic E-state index is 11.7. The zero-order valence-electron chi connectivity index (χ0n) is 5.56. The van der Waals surface area contributed by atoms with E-state index in [4.69, 9.17) is 0 Å². The van der Waals surface area contributed by atoms with Crippen molar-refractivity contribution in [2.45, 2.75) is 0 Å². The molecule has 0 bridgehead atoms. The molecule has 0 aromatic carbocycles. The molecular weight excluding hydrogens is 204 g/mol. The van der Waals surface area contributed by atoms with E-state index in [1.165, 1.54) is 0 Å². The molecule has 0 saturated heterocycles. The molecule has 0 aromatic rings. The van der Waals surface area contributed by atoms with Crippen molar-refractivity contribution in [1.29, 1.82) is 0 Å². The monoisotopic (exact) mass is 208 g/mol. The summed E-state index contributed by atoms with van der Waals surface area (Å²) in [7, 11) is -4.80. The van der Waals surface area contributed by atoms with Crippen LogP contribution in [0.3, 0.4) is 0 Å². The van der Waals surface area contributed by atoms with Crippen molar-refractivity contribution in [2.24, 2.45) is 0 Å². The van der Waals surface area contributed by atoms with E-state index >= 15 is 0 Å². The first-order chi connectivity index (χ1) is 5.33. The van der Waals surface area contributed by atoms with Gasteiger partial charge in [-0.1, -0.05) is 0 Å². The van der Waals surface area contributed by atoms with Gasteiger partial charge in [0.05, 0.1) is 0 Å². The Morgan fingerprint density at radius 3 is 2.08 bits per heavy atom. The molecule has 3 nitrogen and oxygen atoms in total. The minimum atomic E-state index is -4.80. The number of hydrogen-bond donors (Lipinski definition) is 0. The van der Waals surface area contributed by atoms with Crippen molar-refractivity contribution >= 4 is 10.2 Å². The van der Waals surface area contributed by atoms with Crippen LogP contribution in [-0.2, 0) is 15.0 Å². The van der Waals surface area contributed by atoms with E-state index in [0.717, 1.165) is 0 Å². The molecular formula is C4H4F4O3S. The molecule has 0 aliphatic carbocycles. The lowest BCUT2D eigenvalue weighted by Gasteiger charge is -1.98. The van der Waals surface area contributed by atoms with Gasteiger partial charge in [-0.3, -0.25) is 0 Å². The van der Waals surface area contributed by atoms with E-state index in [-0.39, 0.29) is 0 Å². The zero-order valence-corrected chi connectivity index (χ0v) is 6.38. The van der Waals surface area contributed by atoms with Crippen LogP contribution >= 0.6 is 0 Å². The summed E-state index contributed by atoms with van der Waals surface area (Å²) in [5.74, 6) is -1.16. The molecule has 12 heavy (non-hydrogen) atoms. The standard InChI is InChI=1S/C4H4F4O3S/c5-3(6)4(7)11-1-2-12(8,9)10/h1-2H2. The predicted molar refractivity (Wildman–Crippen MR) is 31.2 cm³/mol. The molecule has 0 atom stereocenters. The maximum atomic E-state index is 11.7. The smallest absolute Gasteiger partial charge is 0.342 e. The first-order valence-corrected chi connectivity index (χ1v) is 4.14. The third kappa shape index (κ3) is 5.96. The van der Waals surface area contributed by atoms with Crippen molar-refractivity contribution in [3.05, 3.63) is 12.1 Å². The van der Waals surface area contributed by atoms with Gasteiger partial charge in [0.1, 0.15) is 12.4 Å². The minimum Gasteiger partial charge on any atom is -0.466 e. The Hall–Kier alpha value is -0.790. The van der Waals surface area contributed by atoms with Crippen LogP contribution in [0.2, 0.25) is 0 Å². The second-order valence-corrected chi connectivity index (χ2v) is 3.11. The van der Waals surface area contributed by atoms with Crippen LogP contribution in [0.1, 0.15) is 0 Å². The molecule has 72 valence electrons. The van der Waals surface area contributed by atoms with E-state index in [1.807, 2.05) is 0 Å². The second kappa shape index (κ2) is 4.29. The fraction of sp³-hybridized carbons (Fsp3) is 0.500. The van der Waals surface area contributed by atoms with Crippen molar-refractivity contribution in [2.75, 3.05) is 12.4 Å². The second-order valence-electron chi connectivity index (χ2n) is 1.63. The minimum absolute atomic E-state index is 0.984. The summed E-state index contributed by atoms with van der Waals surface area (Å²) < 4.78 is 68.6.